The summed E-state index contributed by atoms with van der Waals surface area (Å²) in [6, 6.07) is 5.78. The van der Waals surface area contributed by atoms with Gasteiger partial charge in [0.25, 0.3) is 0 Å². The number of phenols is 1. The molecule has 1 rings (SSSR count). The van der Waals surface area contributed by atoms with E-state index in [1.165, 1.54) is 23.5 Å². The van der Waals surface area contributed by atoms with Gasteiger partial charge < -0.3 is 9.90 Å². The standard InChI is InChI=1S/C11H16OS.C4H8O/c1-3-4-7-13-10-5-6-11(12)9(2)8-10;1-3-4(2)5/h5-6,8,12H,3-4,7H2,1-2H3;3H2,1-2H3. The van der Waals surface area contributed by atoms with Crippen molar-refractivity contribution in [3.63, 3.8) is 0 Å². The van der Waals surface area contributed by atoms with E-state index >= 15 is 0 Å². The molecule has 0 atom stereocenters. The first-order chi connectivity index (χ1) is 8.51. The first-order valence-electron chi connectivity index (χ1n) is 6.43. The summed E-state index contributed by atoms with van der Waals surface area (Å²) in [5.41, 5.74) is 0.960. The van der Waals surface area contributed by atoms with E-state index in [4.69, 9.17) is 0 Å². The SMILES string of the molecule is CCC(C)=O.CCCCSc1ccc(O)c(C)c1. The molecule has 0 bridgehead atoms. The molecule has 1 N–H and O–H groups in total. The quantitative estimate of drug-likeness (QED) is 0.627. The van der Waals surface area contributed by atoms with E-state index in [2.05, 4.69) is 6.92 Å². The molecule has 0 saturated heterocycles. The van der Waals surface area contributed by atoms with E-state index in [1.54, 1.807) is 13.0 Å². The molecule has 0 heterocycles. The number of hydrogen-bond donors (Lipinski definition) is 1. The number of unbranched alkanes of at least 4 members (excludes halogenated alkanes) is 1. The maximum Gasteiger partial charge on any atom is 0.129 e. The van der Waals surface area contributed by atoms with Crippen LogP contribution in [-0.4, -0.2) is 16.6 Å². The summed E-state index contributed by atoms with van der Waals surface area (Å²) in [5.74, 6) is 1.81. The van der Waals surface area contributed by atoms with Crippen LogP contribution in [0.1, 0.15) is 45.6 Å². The Labute approximate surface area is 115 Å². The van der Waals surface area contributed by atoms with Crippen molar-refractivity contribution in [1.82, 2.24) is 0 Å². The molecule has 1 aromatic rings. The predicted molar refractivity (Wildman–Crippen MR) is 79.4 cm³/mol. The smallest absolute Gasteiger partial charge is 0.129 e. The van der Waals surface area contributed by atoms with Crippen LogP contribution in [-0.2, 0) is 4.79 Å². The van der Waals surface area contributed by atoms with E-state index in [0.29, 0.717) is 12.2 Å². The van der Waals surface area contributed by atoms with Crippen LogP contribution in [0.3, 0.4) is 0 Å². The topological polar surface area (TPSA) is 37.3 Å². The fourth-order valence-corrected chi connectivity index (χ4v) is 2.15. The number of Topliss-reactive ketones (excluding diaryl/α,β-unsaturated/α-hetero) is 1. The summed E-state index contributed by atoms with van der Waals surface area (Å²) in [6.07, 6.45) is 3.16. The zero-order valence-corrected chi connectivity index (χ0v) is 12.6. The summed E-state index contributed by atoms with van der Waals surface area (Å²) in [7, 11) is 0. The van der Waals surface area contributed by atoms with Crippen LogP contribution in [0.5, 0.6) is 5.75 Å². The van der Waals surface area contributed by atoms with Gasteiger partial charge in [0.05, 0.1) is 0 Å². The highest BCUT2D eigenvalue weighted by molar-refractivity contribution is 7.99. The van der Waals surface area contributed by atoms with Crippen LogP contribution in [0, 0.1) is 6.92 Å². The van der Waals surface area contributed by atoms with Crippen molar-refractivity contribution < 1.29 is 9.90 Å². The predicted octanol–water partition coefficient (Wildman–Crippen LogP) is 4.58. The van der Waals surface area contributed by atoms with Gasteiger partial charge in [0.2, 0.25) is 0 Å². The van der Waals surface area contributed by atoms with E-state index in [9.17, 15) is 9.90 Å². The maximum absolute atomic E-state index is 9.81. The minimum atomic E-state index is 0.255. The lowest BCUT2D eigenvalue weighted by Gasteiger charge is -2.03. The molecule has 3 heteroatoms. The first kappa shape index (κ1) is 17.0. The third-order valence-electron chi connectivity index (χ3n) is 2.43. The third kappa shape index (κ3) is 8.18. The lowest BCUT2D eigenvalue weighted by atomic mass is 10.2. The molecule has 0 aromatic heterocycles. The number of rotatable bonds is 5. The molecule has 0 unspecified atom stereocenters. The van der Waals surface area contributed by atoms with Gasteiger partial charge in [-0.05, 0) is 49.8 Å². The first-order valence-corrected chi connectivity index (χ1v) is 7.41. The number of carbonyl (C=O) groups excluding carboxylic acids is 1. The lowest BCUT2D eigenvalue weighted by Crippen LogP contribution is -1.80. The van der Waals surface area contributed by atoms with Crippen molar-refractivity contribution in [2.45, 2.75) is 51.9 Å². The number of thioether (sulfide) groups is 1. The van der Waals surface area contributed by atoms with Gasteiger partial charge in [-0.25, -0.2) is 0 Å². The minimum Gasteiger partial charge on any atom is -0.508 e. The molecule has 1 aromatic carbocycles. The van der Waals surface area contributed by atoms with Gasteiger partial charge in [-0.15, -0.1) is 11.8 Å². The monoisotopic (exact) mass is 268 g/mol. The Bertz CT molecular complexity index is 362. The summed E-state index contributed by atoms with van der Waals surface area (Å²) in [5, 5.41) is 9.31. The van der Waals surface area contributed by atoms with Crippen LogP contribution < -0.4 is 0 Å². The van der Waals surface area contributed by atoms with Crippen LogP contribution in [0.15, 0.2) is 23.1 Å². The van der Waals surface area contributed by atoms with Crippen LogP contribution in [0.2, 0.25) is 0 Å². The van der Waals surface area contributed by atoms with Crippen LogP contribution in [0.4, 0.5) is 0 Å². The average Bonchev–Trinajstić information content (AvgIpc) is 2.35. The highest BCUT2D eigenvalue weighted by atomic mass is 32.2. The number of phenolic OH excluding ortho intramolecular Hbond substituents is 1. The summed E-state index contributed by atoms with van der Waals surface area (Å²) < 4.78 is 0. The Hall–Kier alpha value is -0.960. The molecule has 0 radical (unpaired) electrons. The fourth-order valence-electron chi connectivity index (χ4n) is 1.05. The molecule has 0 saturated carbocycles. The molecule has 18 heavy (non-hydrogen) atoms. The van der Waals surface area contributed by atoms with Crippen molar-refractivity contribution in [1.29, 1.82) is 0 Å². The van der Waals surface area contributed by atoms with Crippen LogP contribution >= 0.6 is 11.8 Å². The number of carbonyl (C=O) groups is 1. The fraction of sp³-hybridized carbons (Fsp3) is 0.533. The van der Waals surface area contributed by atoms with Gasteiger partial charge in [0.15, 0.2) is 0 Å². The Balaban J connectivity index is 0.000000494. The van der Waals surface area contributed by atoms with E-state index < -0.39 is 0 Å². The van der Waals surface area contributed by atoms with Crippen molar-refractivity contribution in [3.05, 3.63) is 23.8 Å². The zero-order chi connectivity index (χ0) is 14.0. The second-order valence-corrected chi connectivity index (χ2v) is 5.37. The average molecular weight is 268 g/mol. The lowest BCUT2D eigenvalue weighted by molar-refractivity contribution is -0.116. The second kappa shape index (κ2) is 10.0. The highest BCUT2D eigenvalue weighted by Crippen LogP contribution is 2.25. The molecule has 102 valence electrons. The molecule has 2 nitrogen and oxygen atoms in total. The van der Waals surface area contributed by atoms with E-state index in [0.717, 1.165) is 5.56 Å². The second-order valence-electron chi connectivity index (χ2n) is 4.21. The van der Waals surface area contributed by atoms with Gasteiger partial charge in [-0.1, -0.05) is 20.3 Å². The van der Waals surface area contributed by atoms with Gasteiger partial charge in [-0.2, -0.15) is 0 Å². The summed E-state index contributed by atoms with van der Waals surface area (Å²) in [6.45, 7) is 7.56. The minimum absolute atomic E-state index is 0.255. The van der Waals surface area contributed by atoms with Crippen molar-refractivity contribution in [3.8, 4) is 5.75 Å². The van der Waals surface area contributed by atoms with E-state index in [1.807, 2.05) is 37.7 Å². The Morgan fingerprint density at radius 2 is 1.94 bits per heavy atom. The number of aromatic hydroxyl groups is 1. The normalized spacial score (nSPS) is 9.56. The summed E-state index contributed by atoms with van der Waals surface area (Å²) >= 11 is 1.86. The molecular weight excluding hydrogens is 244 g/mol. The molecule has 0 spiro atoms. The van der Waals surface area contributed by atoms with Gasteiger partial charge in [0, 0.05) is 11.3 Å². The van der Waals surface area contributed by atoms with Gasteiger partial charge in [0.1, 0.15) is 11.5 Å². The molecule has 0 aliphatic rings. The summed E-state index contributed by atoms with van der Waals surface area (Å²) in [4.78, 5) is 11.1. The van der Waals surface area contributed by atoms with Crippen molar-refractivity contribution in [2.24, 2.45) is 0 Å². The van der Waals surface area contributed by atoms with Crippen molar-refractivity contribution in [2.75, 3.05) is 5.75 Å². The number of benzene rings is 1. The van der Waals surface area contributed by atoms with Crippen LogP contribution in [0.25, 0.3) is 0 Å². The van der Waals surface area contributed by atoms with E-state index in [-0.39, 0.29) is 5.78 Å². The molecule has 0 fully saturated rings. The molecule has 0 aliphatic carbocycles. The number of hydrogen-bond acceptors (Lipinski definition) is 3. The Morgan fingerprint density at radius 1 is 1.33 bits per heavy atom. The largest absolute Gasteiger partial charge is 0.508 e. The Kier molecular flexibility index (Phi) is 9.47. The highest BCUT2D eigenvalue weighted by Gasteiger charge is 1.97. The number of ketones is 1. The molecule has 0 aliphatic heterocycles. The maximum atomic E-state index is 9.81. The zero-order valence-electron chi connectivity index (χ0n) is 11.8. The van der Waals surface area contributed by atoms with Crippen molar-refractivity contribution >= 4 is 17.5 Å². The molecule has 0 amide bonds. The third-order valence-corrected chi connectivity index (χ3v) is 3.51. The van der Waals surface area contributed by atoms with Gasteiger partial charge >= 0.3 is 0 Å². The number of aryl methyl sites for hydroxylation is 1. The molecular formula is C15H24O2S. The van der Waals surface area contributed by atoms with Gasteiger partial charge in [-0.3, -0.25) is 0 Å². The Morgan fingerprint density at radius 3 is 2.39 bits per heavy atom.